The van der Waals surface area contributed by atoms with Gasteiger partial charge in [0.2, 0.25) is 5.91 Å². The SMILES string of the molecule is CC/C=C\C/C=C\C/C=C\C/C=C\C/C=C\C/C=C\CCCCCCCCCCCCCCC(=O)NC(COP(=O)(O)OCC[N+](C)(C)C)C(O)/C=C/CC/C=C/CC/C=C/CCCCCCCCCCCCCCCCCCC. The Kier molecular flexibility index (Phi) is 58.6. The highest BCUT2D eigenvalue weighted by Crippen LogP contribution is 2.43. The number of rotatable bonds is 60. The van der Waals surface area contributed by atoms with Gasteiger partial charge in [0.1, 0.15) is 13.2 Å². The van der Waals surface area contributed by atoms with Gasteiger partial charge >= 0.3 is 7.82 Å². The number of nitrogens with zero attached hydrogens (tertiary/aromatic N) is 1. The molecule has 0 bridgehead atoms. The smallest absolute Gasteiger partial charge is 0.387 e. The first-order chi connectivity index (χ1) is 39.0. The van der Waals surface area contributed by atoms with Crippen LogP contribution in [0.3, 0.4) is 0 Å². The van der Waals surface area contributed by atoms with Gasteiger partial charge in [-0.2, -0.15) is 0 Å². The van der Waals surface area contributed by atoms with Crippen LogP contribution >= 0.6 is 7.82 Å². The van der Waals surface area contributed by atoms with Gasteiger partial charge < -0.3 is 19.8 Å². The molecule has 0 rings (SSSR count). The van der Waals surface area contributed by atoms with Crippen molar-refractivity contribution in [1.29, 1.82) is 0 Å². The molecule has 80 heavy (non-hydrogen) atoms. The summed E-state index contributed by atoms with van der Waals surface area (Å²) in [5.74, 6) is -0.195. The lowest BCUT2D eigenvalue weighted by Gasteiger charge is -2.25. The number of hydrogen-bond donors (Lipinski definition) is 3. The van der Waals surface area contributed by atoms with E-state index in [4.69, 9.17) is 9.05 Å². The number of carbonyl (C=O) groups excluding carboxylic acids is 1. The Bertz CT molecular complexity index is 1670. The van der Waals surface area contributed by atoms with Crippen LogP contribution in [0.25, 0.3) is 0 Å². The number of amides is 1. The molecular formula is C71H128N2O6P+. The predicted octanol–water partition coefficient (Wildman–Crippen LogP) is 21.1. The molecule has 0 aromatic rings. The fourth-order valence-corrected chi connectivity index (χ4v) is 10.1. The average Bonchev–Trinajstić information content (AvgIpc) is 3.42. The molecule has 0 saturated heterocycles. The van der Waals surface area contributed by atoms with Crippen LogP contribution in [0, 0.1) is 0 Å². The monoisotopic (exact) mass is 1140 g/mol. The number of phosphoric ester groups is 1. The molecular weight excluding hydrogens is 1010 g/mol. The Morgan fingerprint density at radius 2 is 0.762 bits per heavy atom. The minimum Gasteiger partial charge on any atom is -0.387 e. The fourth-order valence-electron chi connectivity index (χ4n) is 9.31. The molecule has 0 aromatic heterocycles. The molecule has 8 nitrogen and oxygen atoms in total. The largest absolute Gasteiger partial charge is 0.472 e. The highest BCUT2D eigenvalue weighted by Gasteiger charge is 2.27. The minimum absolute atomic E-state index is 0.0486. The van der Waals surface area contributed by atoms with Gasteiger partial charge in [-0.25, -0.2) is 4.57 Å². The summed E-state index contributed by atoms with van der Waals surface area (Å²) in [6, 6.07) is -0.879. The lowest BCUT2D eigenvalue weighted by atomic mass is 10.0. The van der Waals surface area contributed by atoms with E-state index in [9.17, 15) is 19.4 Å². The zero-order valence-corrected chi connectivity index (χ0v) is 53.7. The third-order valence-corrected chi connectivity index (χ3v) is 15.4. The van der Waals surface area contributed by atoms with Crippen LogP contribution in [-0.4, -0.2) is 73.4 Å². The number of allylic oxidation sites excluding steroid dienone is 17. The van der Waals surface area contributed by atoms with Crippen molar-refractivity contribution >= 4 is 13.7 Å². The Morgan fingerprint density at radius 1 is 0.438 bits per heavy atom. The molecule has 9 heteroatoms. The number of phosphoric acid groups is 1. The van der Waals surface area contributed by atoms with Crippen molar-refractivity contribution in [2.75, 3.05) is 40.9 Å². The molecule has 0 aromatic carbocycles. The molecule has 3 atom stereocenters. The molecule has 0 aliphatic carbocycles. The molecule has 0 spiro atoms. The van der Waals surface area contributed by atoms with Crippen molar-refractivity contribution in [3.8, 4) is 0 Å². The van der Waals surface area contributed by atoms with Crippen LogP contribution in [0.15, 0.2) is 109 Å². The van der Waals surface area contributed by atoms with Gasteiger partial charge in [-0.1, -0.05) is 290 Å². The highest BCUT2D eigenvalue weighted by atomic mass is 31.2. The number of likely N-dealkylation sites (N-methyl/N-ethyl adjacent to an activating group) is 1. The van der Waals surface area contributed by atoms with E-state index in [0.29, 0.717) is 17.4 Å². The summed E-state index contributed by atoms with van der Waals surface area (Å²) in [4.78, 5) is 23.4. The summed E-state index contributed by atoms with van der Waals surface area (Å²) in [6.07, 6.45) is 89.4. The van der Waals surface area contributed by atoms with Gasteiger partial charge in [0.05, 0.1) is 39.9 Å². The van der Waals surface area contributed by atoms with Gasteiger partial charge in [-0.15, -0.1) is 0 Å². The lowest BCUT2D eigenvalue weighted by molar-refractivity contribution is -0.870. The zero-order valence-electron chi connectivity index (χ0n) is 52.8. The second kappa shape index (κ2) is 60.7. The number of aliphatic hydroxyl groups is 1. The normalized spacial score (nSPS) is 14.4. The average molecular weight is 1140 g/mol. The Hall–Kier alpha value is -2.84. The maximum atomic E-state index is 13.0. The fraction of sp³-hybridized carbons (Fsp3) is 0.732. The maximum Gasteiger partial charge on any atom is 0.472 e. The second-order valence-electron chi connectivity index (χ2n) is 23.4. The van der Waals surface area contributed by atoms with Crippen LogP contribution in [-0.2, 0) is 18.4 Å². The van der Waals surface area contributed by atoms with Gasteiger partial charge in [0.25, 0.3) is 0 Å². The number of aliphatic hydroxyl groups excluding tert-OH is 1. The van der Waals surface area contributed by atoms with E-state index < -0.39 is 20.0 Å². The van der Waals surface area contributed by atoms with Crippen LogP contribution < -0.4 is 5.32 Å². The van der Waals surface area contributed by atoms with E-state index in [0.717, 1.165) is 83.5 Å². The highest BCUT2D eigenvalue weighted by molar-refractivity contribution is 7.47. The molecule has 0 aliphatic heterocycles. The lowest BCUT2D eigenvalue weighted by Crippen LogP contribution is -2.45. The molecule has 0 aliphatic rings. The summed E-state index contributed by atoms with van der Waals surface area (Å²) in [5, 5.41) is 14.0. The summed E-state index contributed by atoms with van der Waals surface area (Å²) < 4.78 is 23.8. The minimum atomic E-state index is -4.37. The number of carbonyl (C=O) groups is 1. The van der Waals surface area contributed by atoms with Gasteiger partial charge in [-0.3, -0.25) is 13.8 Å². The molecule has 0 radical (unpaired) electrons. The first kappa shape index (κ1) is 77.2. The number of unbranched alkanes of at least 4 members (excludes halogenated alkanes) is 31. The zero-order chi connectivity index (χ0) is 58.4. The quantitative estimate of drug-likeness (QED) is 0.0243. The van der Waals surface area contributed by atoms with E-state index in [2.05, 4.69) is 116 Å². The number of quaternary nitrogens is 1. The van der Waals surface area contributed by atoms with Crippen LogP contribution in [0.5, 0.6) is 0 Å². The predicted molar refractivity (Wildman–Crippen MR) is 350 cm³/mol. The van der Waals surface area contributed by atoms with Crippen molar-refractivity contribution in [2.24, 2.45) is 0 Å². The summed E-state index contributed by atoms with van der Waals surface area (Å²) in [5.41, 5.74) is 0. The van der Waals surface area contributed by atoms with Crippen molar-refractivity contribution < 1.29 is 32.9 Å². The Balaban J connectivity index is 4.20. The van der Waals surface area contributed by atoms with E-state index >= 15 is 0 Å². The van der Waals surface area contributed by atoms with E-state index in [-0.39, 0.29) is 19.1 Å². The second-order valence-corrected chi connectivity index (χ2v) is 24.9. The molecule has 3 unspecified atom stereocenters. The van der Waals surface area contributed by atoms with Crippen LogP contribution in [0.1, 0.15) is 284 Å². The first-order valence-corrected chi connectivity index (χ1v) is 34.8. The van der Waals surface area contributed by atoms with Gasteiger partial charge in [-0.05, 0) is 96.3 Å². The van der Waals surface area contributed by atoms with E-state index in [1.54, 1.807) is 6.08 Å². The topological polar surface area (TPSA) is 105 Å². The van der Waals surface area contributed by atoms with Crippen molar-refractivity contribution in [3.63, 3.8) is 0 Å². The first-order valence-electron chi connectivity index (χ1n) is 33.3. The standard InChI is InChI=1S/C71H127N2O6P/c1-6-8-10-12-14-16-18-20-22-24-26-28-30-32-34-35-36-37-39-41-43-45-47-49-51-53-55-57-59-61-63-65-71(75)72-69(68-79-80(76,77)78-67-66-73(3,4)5)70(74)64-62-60-58-56-54-52-50-48-46-44-42-40-38-33-31-29-27-25-23-21-19-17-15-13-11-9-7-2/h8,10,14,16,20,22,26,28,32,34,36-37,46,48,54,56,62,64,69-70,74H,6-7,9,11-13,15,17-19,21,23-25,27,29-31,33,35,38-45,47,49-53,55,57-61,63,65-68H2,1-5H3,(H-,72,75,76,77)/p+1/b10-8-,16-14-,22-20-,28-26-,34-32-,37-36-,48-46+,56-54+,64-62+. The number of hydrogen-bond acceptors (Lipinski definition) is 5. The molecule has 1 amide bonds. The maximum absolute atomic E-state index is 13.0. The van der Waals surface area contributed by atoms with Crippen molar-refractivity contribution in [3.05, 3.63) is 109 Å². The molecule has 0 saturated carbocycles. The van der Waals surface area contributed by atoms with Crippen LogP contribution in [0.2, 0.25) is 0 Å². The summed E-state index contributed by atoms with van der Waals surface area (Å²) in [7, 11) is 1.54. The Labute approximate surface area is 495 Å². The van der Waals surface area contributed by atoms with Crippen molar-refractivity contribution in [1.82, 2.24) is 5.32 Å². The third kappa shape index (κ3) is 62.8. The van der Waals surface area contributed by atoms with Crippen molar-refractivity contribution in [2.45, 2.75) is 296 Å². The molecule has 0 heterocycles. The summed E-state index contributed by atoms with van der Waals surface area (Å²) >= 11 is 0. The number of nitrogens with one attached hydrogen (secondary N) is 1. The molecule has 3 N–H and O–H groups in total. The van der Waals surface area contributed by atoms with E-state index in [1.165, 1.54) is 180 Å². The molecule has 462 valence electrons. The van der Waals surface area contributed by atoms with Gasteiger partial charge in [0, 0.05) is 6.42 Å². The molecule has 0 fully saturated rings. The summed E-state index contributed by atoms with van der Waals surface area (Å²) in [6.45, 7) is 4.69. The van der Waals surface area contributed by atoms with E-state index in [1.807, 2.05) is 27.2 Å². The van der Waals surface area contributed by atoms with Gasteiger partial charge in [0.15, 0.2) is 0 Å². The van der Waals surface area contributed by atoms with Crippen LogP contribution in [0.4, 0.5) is 0 Å². The Morgan fingerprint density at radius 3 is 1.15 bits per heavy atom. The third-order valence-electron chi connectivity index (χ3n) is 14.5.